The van der Waals surface area contributed by atoms with E-state index in [2.05, 4.69) is 39.4 Å². The summed E-state index contributed by atoms with van der Waals surface area (Å²) in [6.07, 6.45) is 4.02. The van der Waals surface area contributed by atoms with Gasteiger partial charge in [0.2, 0.25) is 0 Å². The molecule has 0 aliphatic heterocycles. The molecule has 4 rings (SSSR count). The highest BCUT2D eigenvalue weighted by molar-refractivity contribution is 5.81. The van der Waals surface area contributed by atoms with Crippen molar-refractivity contribution in [3.05, 3.63) is 83.3 Å². The maximum Gasteiger partial charge on any atom is 0.416 e. The fourth-order valence-electron chi connectivity index (χ4n) is 4.13. The molecule has 3 N–H and O–H groups in total. The number of pyridine rings is 2. The van der Waals surface area contributed by atoms with Crippen LogP contribution in [0.15, 0.2) is 61.1 Å². The second kappa shape index (κ2) is 12.1. The smallest absolute Gasteiger partial charge is 0.416 e. The molecule has 0 atom stereocenters. The summed E-state index contributed by atoms with van der Waals surface area (Å²) in [5, 5.41) is 7.65. The number of rotatable bonds is 12. The van der Waals surface area contributed by atoms with E-state index in [1.165, 1.54) is 12.1 Å². The number of hydrogen-bond donors (Lipinski definition) is 3. The van der Waals surface area contributed by atoms with Crippen LogP contribution >= 0.6 is 0 Å². The van der Waals surface area contributed by atoms with Crippen LogP contribution in [-0.4, -0.2) is 34.1 Å². The topological polar surface area (TPSA) is 74.9 Å². The van der Waals surface area contributed by atoms with Crippen molar-refractivity contribution in [3.63, 3.8) is 0 Å². The largest absolute Gasteiger partial charge is 0.491 e. The number of aromatic amines is 1. The van der Waals surface area contributed by atoms with Gasteiger partial charge in [-0.3, -0.25) is 0 Å². The number of alkyl halides is 3. The number of fused-ring (bicyclic) bond motifs is 1. The number of H-pyrrole nitrogens is 1. The number of halogens is 3. The maximum absolute atomic E-state index is 12.7. The van der Waals surface area contributed by atoms with Crippen LogP contribution in [0.25, 0.3) is 11.0 Å². The van der Waals surface area contributed by atoms with Gasteiger partial charge in [0.1, 0.15) is 23.8 Å². The minimum Gasteiger partial charge on any atom is -0.491 e. The highest BCUT2D eigenvalue weighted by Gasteiger charge is 2.29. The third-order valence-corrected chi connectivity index (χ3v) is 6.36. The Kier molecular flexibility index (Phi) is 8.66. The summed E-state index contributed by atoms with van der Waals surface area (Å²) in [4.78, 5) is 12.2. The number of anilines is 1. The minimum atomic E-state index is -4.33. The average molecular weight is 512 g/mol. The molecule has 0 amide bonds. The Morgan fingerprint density at radius 2 is 1.73 bits per heavy atom. The van der Waals surface area contributed by atoms with E-state index < -0.39 is 11.7 Å². The molecule has 1 aromatic carbocycles. The van der Waals surface area contributed by atoms with Gasteiger partial charge < -0.3 is 20.4 Å². The molecule has 196 valence electrons. The zero-order chi connectivity index (χ0) is 26.3. The third-order valence-electron chi connectivity index (χ3n) is 6.36. The van der Waals surface area contributed by atoms with Crippen molar-refractivity contribution in [1.82, 2.24) is 20.3 Å². The van der Waals surface area contributed by atoms with Crippen molar-refractivity contribution in [2.45, 2.75) is 51.9 Å². The van der Waals surface area contributed by atoms with Crippen molar-refractivity contribution < 1.29 is 17.9 Å². The average Bonchev–Trinajstić information content (AvgIpc) is 3.30. The first-order chi connectivity index (χ1) is 17.9. The van der Waals surface area contributed by atoms with E-state index in [9.17, 15) is 13.2 Å². The molecule has 0 unspecified atom stereocenters. The lowest BCUT2D eigenvalue weighted by Gasteiger charge is -2.14. The molecule has 0 saturated heterocycles. The lowest BCUT2D eigenvalue weighted by Crippen LogP contribution is -2.31. The first-order valence-electron chi connectivity index (χ1n) is 12.5. The van der Waals surface area contributed by atoms with E-state index in [1.807, 2.05) is 24.4 Å². The molecule has 0 radical (unpaired) electrons. The van der Waals surface area contributed by atoms with Gasteiger partial charge in [0.05, 0.1) is 11.8 Å². The van der Waals surface area contributed by atoms with Crippen LogP contribution in [0.5, 0.6) is 5.75 Å². The molecular weight excluding hydrogens is 479 g/mol. The van der Waals surface area contributed by atoms with Crippen LogP contribution in [0.4, 0.5) is 19.0 Å². The van der Waals surface area contributed by atoms with E-state index in [0.717, 1.165) is 65.0 Å². The minimum absolute atomic E-state index is 0.383. The van der Waals surface area contributed by atoms with Gasteiger partial charge in [-0.05, 0) is 53.8 Å². The Labute approximate surface area is 214 Å². The lowest BCUT2D eigenvalue weighted by molar-refractivity contribution is -0.137. The first-order valence-corrected chi connectivity index (χ1v) is 12.5. The number of nitrogens with zero attached hydrogens (tertiary/aromatic N) is 2. The number of aromatic nitrogens is 3. The molecule has 0 bridgehead atoms. The predicted molar refractivity (Wildman–Crippen MR) is 140 cm³/mol. The molecule has 4 aromatic rings. The Balaban J connectivity index is 1.32. The monoisotopic (exact) mass is 511 g/mol. The van der Waals surface area contributed by atoms with Crippen molar-refractivity contribution >= 4 is 16.9 Å². The summed E-state index contributed by atoms with van der Waals surface area (Å²) < 4.78 is 44.1. The zero-order valence-corrected chi connectivity index (χ0v) is 21.0. The van der Waals surface area contributed by atoms with Crippen LogP contribution < -0.4 is 15.4 Å². The van der Waals surface area contributed by atoms with Gasteiger partial charge in [0.25, 0.3) is 0 Å². The highest BCUT2D eigenvalue weighted by atomic mass is 19.4. The molecule has 37 heavy (non-hydrogen) atoms. The van der Waals surface area contributed by atoms with E-state index >= 15 is 0 Å². The molecule has 0 spiro atoms. The number of ether oxygens (including phenoxy) is 1. The van der Waals surface area contributed by atoms with Crippen LogP contribution in [0.2, 0.25) is 0 Å². The fraction of sp³-hybridized carbons (Fsp3) is 0.357. The molecular formula is C28H32F3N5O. The van der Waals surface area contributed by atoms with Gasteiger partial charge in [-0.2, -0.15) is 13.2 Å². The third kappa shape index (κ3) is 7.22. The molecule has 0 saturated carbocycles. The second-order valence-electron chi connectivity index (χ2n) is 8.97. The van der Waals surface area contributed by atoms with E-state index in [4.69, 9.17) is 4.74 Å². The first kappa shape index (κ1) is 26.5. The van der Waals surface area contributed by atoms with Crippen molar-refractivity contribution in [2.24, 2.45) is 0 Å². The summed E-state index contributed by atoms with van der Waals surface area (Å²) in [6.45, 7) is 6.10. The van der Waals surface area contributed by atoms with E-state index in [1.54, 1.807) is 12.4 Å². The SMILES string of the molecule is CCC(CC)NCCOc1cnc2[nH]cc(Cc3ccc(NCc4ccc(C(F)(F)F)cc4)nc3)c2c1. The van der Waals surface area contributed by atoms with Gasteiger partial charge in [-0.15, -0.1) is 0 Å². The number of benzene rings is 1. The fourth-order valence-corrected chi connectivity index (χ4v) is 4.13. The summed E-state index contributed by atoms with van der Waals surface area (Å²) in [5.74, 6) is 1.39. The molecule has 9 heteroatoms. The normalized spacial score (nSPS) is 11.8. The molecule has 0 aliphatic carbocycles. The van der Waals surface area contributed by atoms with Gasteiger partial charge in [0, 0.05) is 43.3 Å². The quantitative estimate of drug-likeness (QED) is 0.194. The van der Waals surface area contributed by atoms with Gasteiger partial charge >= 0.3 is 6.18 Å². The Bertz CT molecular complexity index is 1270. The number of nitrogens with one attached hydrogen (secondary N) is 3. The Hall–Kier alpha value is -3.59. The Morgan fingerprint density at radius 1 is 0.973 bits per heavy atom. The van der Waals surface area contributed by atoms with Crippen molar-refractivity contribution in [1.29, 1.82) is 0 Å². The van der Waals surface area contributed by atoms with Crippen molar-refractivity contribution in [3.8, 4) is 5.75 Å². The molecule has 6 nitrogen and oxygen atoms in total. The van der Waals surface area contributed by atoms with Crippen LogP contribution in [-0.2, 0) is 19.1 Å². The van der Waals surface area contributed by atoms with Gasteiger partial charge in [-0.25, -0.2) is 9.97 Å². The highest BCUT2D eigenvalue weighted by Crippen LogP contribution is 2.29. The molecule has 3 heterocycles. The van der Waals surface area contributed by atoms with Crippen molar-refractivity contribution in [2.75, 3.05) is 18.5 Å². The summed E-state index contributed by atoms with van der Waals surface area (Å²) in [6, 6.07) is 11.5. The molecule has 3 aromatic heterocycles. The summed E-state index contributed by atoms with van der Waals surface area (Å²) in [5.41, 5.74) is 3.02. The zero-order valence-electron chi connectivity index (χ0n) is 21.0. The van der Waals surface area contributed by atoms with Gasteiger partial charge in [0.15, 0.2) is 0 Å². The van der Waals surface area contributed by atoms with Crippen LogP contribution in [0, 0.1) is 0 Å². The van der Waals surface area contributed by atoms with E-state index in [-0.39, 0.29) is 0 Å². The van der Waals surface area contributed by atoms with Crippen LogP contribution in [0.1, 0.15) is 48.9 Å². The van der Waals surface area contributed by atoms with E-state index in [0.29, 0.717) is 31.4 Å². The summed E-state index contributed by atoms with van der Waals surface area (Å²) in [7, 11) is 0. The van der Waals surface area contributed by atoms with Crippen LogP contribution in [0.3, 0.4) is 0 Å². The Morgan fingerprint density at radius 3 is 2.41 bits per heavy atom. The number of hydrogen-bond acceptors (Lipinski definition) is 5. The maximum atomic E-state index is 12.7. The second-order valence-corrected chi connectivity index (χ2v) is 8.97. The lowest BCUT2D eigenvalue weighted by atomic mass is 10.1. The molecule has 0 aliphatic rings. The van der Waals surface area contributed by atoms with Gasteiger partial charge in [-0.1, -0.05) is 32.0 Å². The summed E-state index contributed by atoms with van der Waals surface area (Å²) >= 11 is 0. The standard InChI is InChI=1S/C28H32F3N5O/c1-3-23(4-2)32-11-12-37-24-14-25-21(17-35-27(25)36-18-24)13-20-7-10-26(34-16-20)33-15-19-5-8-22(9-6-19)28(29,30)31/h5-10,14,16-18,23,32H,3-4,11-13,15H2,1-2H3,(H,33,34)(H,35,36). The molecule has 0 fully saturated rings. The predicted octanol–water partition coefficient (Wildman–Crippen LogP) is 6.34.